The lowest BCUT2D eigenvalue weighted by atomic mass is 9.92. The molecule has 0 aliphatic carbocycles. The molecule has 0 saturated carbocycles. The molecule has 0 unspecified atom stereocenters. The van der Waals surface area contributed by atoms with E-state index in [2.05, 4.69) is 41.2 Å². The van der Waals surface area contributed by atoms with Gasteiger partial charge in [-0.05, 0) is 40.9 Å². The summed E-state index contributed by atoms with van der Waals surface area (Å²) in [7, 11) is 0. The SMILES string of the molecule is CCC(CC)(CN)Nc1ccccc1Br. The van der Waals surface area contributed by atoms with Gasteiger partial charge in [-0.3, -0.25) is 0 Å². The van der Waals surface area contributed by atoms with E-state index in [9.17, 15) is 0 Å². The number of nitrogens with two attached hydrogens (primary N) is 1. The van der Waals surface area contributed by atoms with Crippen molar-refractivity contribution in [3.63, 3.8) is 0 Å². The van der Waals surface area contributed by atoms with Gasteiger partial charge in [-0.2, -0.15) is 0 Å². The van der Waals surface area contributed by atoms with Crippen LogP contribution in [0.4, 0.5) is 5.69 Å². The van der Waals surface area contributed by atoms with E-state index >= 15 is 0 Å². The monoisotopic (exact) mass is 270 g/mol. The third kappa shape index (κ3) is 2.95. The molecule has 0 radical (unpaired) electrons. The van der Waals surface area contributed by atoms with Crippen LogP contribution >= 0.6 is 15.9 Å². The highest BCUT2D eigenvalue weighted by Gasteiger charge is 2.24. The molecule has 0 saturated heterocycles. The number of para-hydroxylation sites is 1. The fourth-order valence-electron chi connectivity index (χ4n) is 1.61. The van der Waals surface area contributed by atoms with Crippen LogP contribution < -0.4 is 11.1 Å². The molecule has 0 bridgehead atoms. The molecule has 0 amide bonds. The fourth-order valence-corrected chi connectivity index (χ4v) is 2.00. The summed E-state index contributed by atoms with van der Waals surface area (Å²) in [6.07, 6.45) is 2.06. The van der Waals surface area contributed by atoms with E-state index in [0.29, 0.717) is 6.54 Å². The van der Waals surface area contributed by atoms with E-state index in [1.54, 1.807) is 0 Å². The normalized spacial score (nSPS) is 11.5. The van der Waals surface area contributed by atoms with Crippen LogP contribution in [0.15, 0.2) is 28.7 Å². The minimum Gasteiger partial charge on any atom is -0.377 e. The molecule has 0 atom stereocenters. The summed E-state index contributed by atoms with van der Waals surface area (Å²) in [6.45, 7) is 4.99. The maximum absolute atomic E-state index is 5.85. The Kier molecular flexibility index (Phi) is 4.61. The zero-order valence-corrected chi connectivity index (χ0v) is 11.0. The summed E-state index contributed by atoms with van der Waals surface area (Å²) < 4.78 is 1.09. The van der Waals surface area contributed by atoms with Crippen molar-refractivity contribution < 1.29 is 0 Å². The van der Waals surface area contributed by atoms with Gasteiger partial charge in [0.25, 0.3) is 0 Å². The van der Waals surface area contributed by atoms with E-state index < -0.39 is 0 Å². The van der Waals surface area contributed by atoms with Gasteiger partial charge in [0.2, 0.25) is 0 Å². The Labute approximate surface area is 100 Å². The summed E-state index contributed by atoms with van der Waals surface area (Å²) in [6, 6.07) is 8.14. The molecule has 1 aromatic carbocycles. The van der Waals surface area contributed by atoms with Crippen LogP contribution in [-0.2, 0) is 0 Å². The van der Waals surface area contributed by atoms with Crippen molar-refractivity contribution in [2.24, 2.45) is 5.73 Å². The maximum Gasteiger partial charge on any atom is 0.0490 e. The van der Waals surface area contributed by atoms with Crippen LogP contribution in [0.25, 0.3) is 0 Å². The third-order valence-corrected chi connectivity index (χ3v) is 3.71. The summed E-state index contributed by atoms with van der Waals surface area (Å²) in [5.74, 6) is 0. The molecule has 0 fully saturated rings. The fraction of sp³-hybridized carbons (Fsp3) is 0.500. The van der Waals surface area contributed by atoms with Crippen molar-refractivity contribution in [2.45, 2.75) is 32.2 Å². The molecule has 3 heteroatoms. The average molecular weight is 271 g/mol. The molecule has 0 spiro atoms. The number of rotatable bonds is 5. The Hall–Kier alpha value is -0.540. The first-order valence-corrected chi connectivity index (χ1v) is 6.19. The number of nitrogens with one attached hydrogen (secondary N) is 1. The van der Waals surface area contributed by atoms with E-state index in [-0.39, 0.29) is 5.54 Å². The van der Waals surface area contributed by atoms with Gasteiger partial charge in [-0.15, -0.1) is 0 Å². The number of halogens is 1. The van der Waals surface area contributed by atoms with Crippen molar-refractivity contribution in [1.82, 2.24) is 0 Å². The lowest BCUT2D eigenvalue weighted by Crippen LogP contribution is -2.44. The largest absolute Gasteiger partial charge is 0.377 e. The quantitative estimate of drug-likeness (QED) is 0.861. The van der Waals surface area contributed by atoms with Crippen molar-refractivity contribution in [3.8, 4) is 0 Å². The Morgan fingerprint density at radius 2 is 1.87 bits per heavy atom. The zero-order valence-electron chi connectivity index (χ0n) is 9.39. The first kappa shape index (κ1) is 12.5. The maximum atomic E-state index is 5.85. The average Bonchev–Trinajstić information content (AvgIpc) is 2.29. The van der Waals surface area contributed by atoms with Gasteiger partial charge in [0.15, 0.2) is 0 Å². The minimum atomic E-state index is 0.0177. The molecule has 0 aliphatic rings. The van der Waals surface area contributed by atoms with E-state index in [4.69, 9.17) is 5.73 Å². The molecule has 1 aromatic rings. The van der Waals surface area contributed by atoms with Gasteiger partial charge in [0.05, 0.1) is 0 Å². The molecule has 2 nitrogen and oxygen atoms in total. The first-order chi connectivity index (χ1) is 7.17. The second kappa shape index (κ2) is 5.52. The number of benzene rings is 1. The Bertz CT molecular complexity index is 300. The van der Waals surface area contributed by atoms with E-state index in [1.807, 2.05) is 18.2 Å². The van der Waals surface area contributed by atoms with Crippen molar-refractivity contribution >= 4 is 21.6 Å². The van der Waals surface area contributed by atoms with Crippen LogP contribution in [0.3, 0.4) is 0 Å². The third-order valence-electron chi connectivity index (χ3n) is 3.02. The van der Waals surface area contributed by atoms with E-state index in [0.717, 1.165) is 23.0 Å². The molecule has 3 N–H and O–H groups in total. The Morgan fingerprint density at radius 3 is 2.33 bits per heavy atom. The second-order valence-corrected chi connectivity index (χ2v) is 4.65. The number of anilines is 1. The van der Waals surface area contributed by atoms with Gasteiger partial charge in [-0.1, -0.05) is 26.0 Å². The molecule has 0 aromatic heterocycles. The van der Waals surface area contributed by atoms with Gasteiger partial charge < -0.3 is 11.1 Å². The van der Waals surface area contributed by atoms with Crippen LogP contribution in [0, 0.1) is 0 Å². The van der Waals surface area contributed by atoms with Gasteiger partial charge in [-0.25, -0.2) is 0 Å². The number of hydrogen-bond donors (Lipinski definition) is 2. The second-order valence-electron chi connectivity index (χ2n) is 3.80. The smallest absolute Gasteiger partial charge is 0.0490 e. The topological polar surface area (TPSA) is 38.0 Å². The van der Waals surface area contributed by atoms with Crippen LogP contribution in [0.2, 0.25) is 0 Å². The highest BCUT2D eigenvalue weighted by atomic mass is 79.9. The summed E-state index contributed by atoms with van der Waals surface area (Å²) in [4.78, 5) is 0. The van der Waals surface area contributed by atoms with Crippen LogP contribution in [-0.4, -0.2) is 12.1 Å². The molecular weight excluding hydrogens is 252 g/mol. The highest BCUT2D eigenvalue weighted by molar-refractivity contribution is 9.10. The van der Waals surface area contributed by atoms with Crippen molar-refractivity contribution in [1.29, 1.82) is 0 Å². The van der Waals surface area contributed by atoms with Crippen molar-refractivity contribution in [3.05, 3.63) is 28.7 Å². The molecule has 84 valence electrons. The van der Waals surface area contributed by atoms with E-state index in [1.165, 1.54) is 0 Å². The molecule has 0 aliphatic heterocycles. The van der Waals surface area contributed by atoms with Gasteiger partial charge in [0.1, 0.15) is 0 Å². The Balaban J connectivity index is 2.88. The lowest BCUT2D eigenvalue weighted by Gasteiger charge is -2.33. The standard InChI is InChI=1S/C12H19BrN2/c1-3-12(4-2,9-14)15-11-8-6-5-7-10(11)13/h5-8,15H,3-4,9,14H2,1-2H3. The van der Waals surface area contributed by atoms with Gasteiger partial charge >= 0.3 is 0 Å². The van der Waals surface area contributed by atoms with Crippen LogP contribution in [0.5, 0.6) is 0 Å². The predicted octanol–water partition coefficient (Wildman–Crippen LogP) is 3.38. The molecule has 15 heavy (non-hydrogen) atoms. The summed E-state index contributed by atoms with van der Waals surface area (Å²) >= 11 is 3.53. The lowest BCUT2D eigenvalue weighted by molar-refractivity contribution is 0.445. The molecule has 0 heterocycles. The number of hydrogen-bond acceptors (Lipinski definition) is 2. The predicted molar refractivity (Wildman–Crippen MR) is 70.1 cm³/mol. The van der Waals surface area contributed by atoms with Gasteiger partial charge in [0, 0.05) is 22.2 Å². The summed E-state index contributed by atoms with van der Waals surface area (Å²) in [5.41, 5.74) is 6.98. The minimum absolute atomic E-state index is 0.0177. The Morgan fingerprint density at radius 1 is 1.27 bits per heavy atom. The first-order valence-electron chi connectivity index (χ1n) is 5.40. The molecule has 1 rings (SSSR count). The van der Waals surface area contributed by atoms with Crippen LogP contribution in [0.1, 0.15) is 26.7 Å². The zero-order chi connectivity index (χ0) is 11.3. The summed E-state index contributed by atoms with van der Waals surface area (Å²) in [5, 5.41) is 3.54. The van der Waals surface area contributed by atoms with Crippen molar-refractivity contribution in [2.75, 3.05) is 11.9 Å². The molecular formula is C12H19BrN2. The highest BCUT2D eigenvalue weighted by Crippen LogP contribution is 2.27.